The van der Waals surface area contributed by atoms with E-state index in [9.17, 15) is 8.78 Å². The number of hydrogen-bond acceptors (Lipinski definition) is 3. The van der Waals surface area contributed by atoms with Crippen molar-refractivity contribution in [3.8, 4) is 5.82 Å². The molecule has 1 saturated carbocycles. The third kappa shape index (κ3) is 1.52. The van der Waals surface area contributed by atoms with Crippen molar-refractivity contribution in [3.63, 3.8) is 0 Å². The molecule has 1 fully saturated rings. The zero-order valence-electron chi connectivity index (χ0n) is 10.4. The van der Waals surface area contributed by atoms with E-state index < -0.39 is 17.3 Å². The number of fused-ring (bicyclic) bond motifs is 1. The Hall–Kier alpha value is -2.44. The van der Waals surface area contributed by atoms with Crippen molar-refractivity contribution in [2.45, 2.75) is 18.8 Å². The number of nitrogens with one attached hydrogen (secondary N) is 1. The third-order valence-electron chi connectivity index (χ3n) is 3.61. The summed E-state index contributed by atoms with van der Waals surface area (Å²) in [6.45, 7) is 0. The van der Waals surface area contributed by atoms with Gasteiger partial charge >= 0.3 is 0 Å². The minimum atomic E-state index is -0.812. The largest absolute Gasteiger partial charge is 0.394 e. The Bertz CT molecular complexity index is 816. The summed E-state index contributed by atoms with van der Waals surface area (Å²) in [4.78, 5) is 4.00. The van der Waals surface area contributed by atoms with Crippen molar-refractivity contribution in [2.75, 3.05) is 5.73 Å². The Morgan fingerprint density at radius 3 is 2.85 bits per heavy atom. The first-order valence-electron chi connectivity index (χ1n) is 6.31. The highest BCUT2D eigenvalue weighted by Crippen LogP contribution is 2.39. The zero-order valence-corrected chi connectivity index (χ0v) is 10.4. The third-order valence-corrected chi connectivity index (χ3v) is 3.61. The molecule has 0 bridgehead atoms. The van der Waals surface area contributed by atoms with Gasteiger partial charge in [-0.2, -0.15) is 5.10 Å². The predicted octanol–water partition coefficient (Wildman–Crippen LogP) is 2.49. The summed E-state index contributed by atoms with van der Waals surface area (Å²) in [7, 11) is 0. The molecule has 0 spiro atoms. The molecule has 2 aromatic heterocycles. The van der Waals surface area contributed by atoms with E-state index in [1.807, 2.05) is 6.07 Å². The SMILES string of the molecule is Nc1c(F)cc2ncn(-c3cc(C4CC4)[nH]n3)c2c1F. The highest BCUT2D eigenvalue weighted by Gasteiger charge is 2.26. The normalized spacial score (nSPS) is 15.1. The maximum absolute atomic E-state index is 14.2. The van der Waals surface area contributed by atoms with Crippen LogP contribution in [0.2, 0.25) is 0 Å². The molecular weight excluding hydrogens is 264 g/mol. The molecule has 0 radical (unpaired) electrons. The second kappa shape index (κ2) is 3.78. The highest BCUT2D eigenvalue weighted by atomic mass is 19.1. The minimum Gasteiger partial charge on any atom is -0.394 e. The summed E-state index contributed by atoms with van der Waals surface area (Å²) in [5, 5.41) is 7.10. The first-order valence-corrected chi connectivity index (χ1v) is 6.31. The number of nitrogens with zero attached hydrogens (tertiary/aromatic N) is 3. The lowest BCUT2D eigenvalue weighted by molar-refractivity contribution is 0.597. The summed E-state index contributed by atoms with van der Waals surface area (Å²) in [6, 6.07) is 2.98. The van der Waals surface area contributed by atoms with Crippen LogP contribution in [0.25, 0.3) is 16.9 Å². The molecule has 102 valence electrons. The molecule has 20 heavy (non-hydrogen) atoms. The van der Waals surface area contributed by atoms with Gasteiger partial charge in [0.15, 0.2) is 17.5 Å². The first kappa shape index (κ1) is 11.4. The molecule has 1 aromatic carbocycles. The van der Waals surface area contributed by atoms with Gasteiger partial charge in [-0.15, -0.1) is 0 Å². The molecule has 2 heterocycles. The van der Waals surface area contributed by atoms with Crippen LogP contribution in [0.5, 0.6) is 0 Å². The van der Waals surface area contributed by atoms with Gasteiger partial charge in [0.05, 0.1) is 5.52 Å². The van der Waals surface area contributed by atoms with Crippen molar-refractivity contribution < 1.29 is 8.78 Å². The van der Waals surface area contributed by atoms with Gasteiger partial charge in [0.25, 0.3) is 0 Å². The van der Waals surface area contributed by atoms with Gasteiger partial charge in [0, 0.05) is 23.7 Å². The van der Waals surface area contributed by atoms with Gasteiger partial charge in [-0.3, -0.25) is 9.67 Å². The van der Waals surface area contributed by atoms with Gasteiger partial charge in [0.2, 0.25) is 0 Å². The molecule has 7 heteroatoms. The Balaban J connectivity index is 1.92. The van der Waals surface area contributed by atoms with E-state index in [2.05, 4.69) is 15.2 Å². The summed E-state index contributed by atoms with van der Waals surface area (Å²) < 4.78 is 29.0. The van der Waals surface area contributed by atoms with Crippen molar-refractivity contribution in [1.82, 2.24) is 19.7 Å². The number of imidazole rings is 1. The summed E-state index contributed by atoms with van der Waals surface area (Å²) in [5.41, 5.74) is 6.27. The monoisotopic (exact) mass is 275 g/mol. The van der Waals surface area contributed by atoms with E-state index in [1.165, 1.54) is 10.9 Å². The molecule has 0 atom stereocenters. The second-order valence-electron chi connectivity index (χ2n) is 5.02. The number of rotatable bonds is 2. The average Bonchev–Trinajstić information content (AvgIpc) is 3.01. The fourth-order valence-electron chi connectivity index (χ4n) is 2.34. The predicted molar refractivity (Wildman–Crippen MR) is 69.5 cm³/mol. The van der Waals surface area contributed by atoms with Gasteiger partial charge in [0.1, 0.15) is 17.5 Å². The summed E-state index contributed by atoms with van der Waals surface area (Å²) >= 11 is 0. The van der Waals surface area contributed by atoms with Crippen molar-refractivity contribution in [2.24, 2.45) is 0 Å². The van der Waals surface area contributed by atoms with Gasteiger partial charge in [-0.05, 0) is 12.8 Å². The number of nitrogen functional groups attached to an aromatic ring is 1. The molecule has 0 amide bonds. The number of benzene rings is 1. The molecule has 0 saturated heterocycles. The van der Waals surface area contributed by atoms with Crippen molar-refractivity contribution >= 4 is 16.7 Å². The maximum Gasteiger partial charge on any atom is 0.175 e. The average molecular weight is 275 g/mol. The Morgan fingerprint density at radius 2 is 2.10 bits per heavy atom. The van der Waals surface area contributed by atoms with Crippen LogP contribution in [-0.4, -0.2) is 19.7 Å². The number of H-pyrrole nitrogens is 1. The number of anilines is 1. The molecule has 0 unspecified atom stereocenters. The Kier molecular flexibility index (Phi) is 2.15. The van der Waals surface area contributed by atoms with Crippen LogP contribution in [0.3, 0.4) is 0 Å². The highest BCUT2D eigenvalue weighted by molar-refractivity contribution is 5.81. The van der Waals surface area contributed by atoms with Crippen molar-refractivity contribution in [1.29, 1.82) is 0 Å². The molecule has 3 aromatic rings. The lowest BCUT2D eigenvalue weighted by Gasteiger charge is -2.03. The van der Waals surface area contributed by atoms with Crippen LogP contribution < -0.4 is 5.73 Å². The van der Waals surface area contributed by atoms with E-state index in [-0.39, 0.29) is 11.0 Å². The van der Waals surface area contributed by atoms with Gasteiger partial charge in [-0.1, -0.05) is 0 Å². The van der Waals surface area contributed by atoms with Gasteiger partial charge in [-0.25, -0.2) is 13.8 Å². The van der Waals surface area contributed by atoms with E-state index in [1.54, 1.807) is 0 Å². The fourth-order valence-corrected chi connectivity index (χ4v) is 2.34. The molecule has 1 aliphatic rings. The molecule has 4 rings (SSSR count). The molecular formula is C13H11F2N5. The van der Waals surface area contributed by atoms with Crippen molar-refractivity contribution in [3.05, 3.63) is 35.8 Å². The number of halogens is 2. The van der Waals surface area contributed by atoms with E-state index >= 15 is 0 Å². The number of aromatic nitrogens is 4. The van der Waals surface area contributed by atoms with Crippen LogP contribution in [0.15, 0.2) is 18.5 Å². The fraction of sp³-hybridized carbons (Fsp3) is 0.231. The number of aromatic amines is 1. The number of hydrogen-bond donors (Lipinski definition) is 2. The van der Waals surface area contributed by atoms with E-state index in [4.69, 9.17) is 5.73 Å². The van der Waals surface area contributed by atoms with Crippen LogP contribution in [-0.2, 0) is 0 Å². The minimum absolute atomic E-state index is 0.137. The molecule has 3 N–H and O–H groups in total. The van der Waals surface area contributed by atoms with E-state index in [0.29, 0.717) is 11.7 Å². The second-order valence-corrected chi connectivity index (χ2v) is 5.02. The van der Waals surface area contributed by atoms with Crippen LogP contribution >= 0.6 is 0 Å². The number of nitrogens with two attached hydrogens (primary N) is 1. The first-order chi connectivity index (χ1) is 9.65. The Labute approximate surface area is 112 Å². The van der Waals surface area contributed by atoms with E-state index in [0.717, 1.165) is 24.6 Å². The standard InChI is InChI=1S/C13H11F2N5/c14-7-3-9-13(11(15)12(7)16)20(5-17-9)10-4-8(18-19-10)6-1-2-6/h3-6H,1-2,16H2,(H,18,19). The summed E-state index contributed by atoms with van der Waals surface area (Å²) in [6.07, 6.45) is 3.69. The maximum atomic E-state index is 14.2. The summed E-state index contributed by atoms with van der Waals surface area (Å²) in [5.74, 6) is -0.577. The van der Waals surface area contributed by atoms with Crippen LogP contribution in [0.1, 0.15) is 24.5 Å². The zero-order chi connectivity index (χ0) is 13.9. The van der Waals surface area contributed by atoms with Crippen LogP contribution in [0, 0.1) is 11.6 Å². The van der Waals surface area contributed by atoms with Crippen LogP contribution in [0.4, 0.5) is 14.5 Å². The lowest BCUT2D eigenvalue weighted by atomic mass is 10.2. The lowest BCUT2D eigenvalue weighted by Crippen LogP contribution is -2.00. The smallest absolute Gasteiger partial charge is 0.175 e. The molecule has 0 aliphatic heterocycles. The molecule has 5 nitrogen and oxygen atoms in total. The van der Waals surface area contributed by atoms with Gasteiger partial charge < -0.3 is 5.73 Å². The topological polar surface area (TPSA) is 72.5 Å². The molecule has 1 aliphatic carbocycles. The quantitative estimate of drug-likeness (QED) is 0.706. The Morgan fingerprint density at radius 1 is 1.30 bits per heavy atom.